The predicted octanol–water partition coefficient (Wildman–Crippen LogP) is 3.92. The Morgan fingerprint density at radius 2 is 1.40 bits per heavy atom. The Morgan fingerprint density at radius 3 is 2.00 bits per heavy atom. The number of hydrogen-bond acceptors (Lipinski definition) is 6. The fourth-order valence-electron chi connectivity index (χ4n) is 3.07. The number of para-hydroxylation sites is 1. The number of nitrogens with zero attached hydrogens (tertiary/aromatic N) is 4. The molecule has 0 aliphatic rings. The molecular weight excluding hydrogens is 396 g/mol. The molecule has 0 amide bonds. The molecule has 0 saturated heterocycles. The summed E-state index contributed by atoms with van der Waals surface area (Å²) in [4.78, 5) is 0. The van der Waals surface area contributed by atoms with Crippen LogP contribution in [0.15, 0.2) is 96.2 Å². The van der Waals surface area contributed by atoms with Crippen molar-refractivity contribution in [2.75, 3.05) is 12.4 Å². The molecule has 0 radical (unpaired) electrons. The maximum absolute atomic E-state index is 10.5. The monoisotopic (exact) mass is 418 g/mol. The van der Waals surface area contributed by atoms with Crippen LogP contribution in [0, 0.1) is 0 Å². The van der Waals surface area contributed by atoms with E-state index in [2.05, 4.69) is 15.5 Å². The number of aliphatic hydroxyl groups is 1. The summed E-state index contributed by atoms with van der Waals surface area (Å²) in [5, 5.41) is 23.0. The lowest BCUT2D eigenvalue weighted by molar-refractivity contribution is 0.0155. The van der Waals surface area contributed by atoms with Crippen LogP contribution in [0.1, 0.15) is 17.2 Å². The Morgan fingerprint density at radius 1 is 0.833 bits per heavy atom. The van der Waals surface area contributed by atoms with Crippen LogP contribution in [0.25, 0.3) is 5.69 Å². The maximum Gasteiger partial charge on any atom is 0.214 e. The van der Waals surface area contributed by atoms with Gasteiger partial charge < -0.3 is 9.84 Å². The third-order valence-corrected chi connectivity index (χ3v) is 5.57. The lowest BCUT2D eigenvalue weighted by atomic mass is 10.0. The highest BCUT2D eigenvalue weighted by molar-refractivity contribution is 7.99. The van der Waals surface area contributed by atoms with E-state index in [0.717, 1.165) is 16.8 Å². The van der Waals surface area contributed by atoms with Gasteiger partial charge in [0.05, 0.1) is 18.4 Å². The maximum atomic E-state index is 10.5. The fourth-order valence-corrected chi connectivity index (χ4v) is 3.86. The molecule has 0 spiro atoms. The largest absolute Gasteiger partial charge is 0.390 e. The van der Waals surface area contributed by atoms with Crippen molar-refractivity contribution in [3.8, 4) is 5.69 Å². The third kappa shape index (κ3) is 5.13. The minimum Gasteiger partial charge on any atom is -0.390 e. The molecule has 1 atom stereocenters. The summed E-state index contributed by atoms with van der Waals surface area (Å²) in [6.45, 7) is 0.203. The summed E-state index contributed by atoms with van der Waals surface area (Å²) in [7, 11) is 0. The molecule has 0 aliphatic heterocycles. The molecule has 152 valence electrons. The van der Waals surface area contributed by atoms with Crippen LogP contribution in [0.3, 0.4) is 0 Å². The van der Waals surface area contributed by atoms with E-state index < -0.39 is 6.10 Å². The molecular formula is C23H22N4O2S. The SMILES string of the molecule is O[C@H](COC(c1ccccc1)c1ccccc1)CSc1nnnn1-c1ccccc1. The predicted molar refractivity (Wildman–Crippen MR) is 117 cm³/mol. The van der Waals surface area contributed by atoms with Crippen LogP contribution in [0.2, 0.25) is 0 Å². The van der Waals surface area contributed by atoms with Gasteiger partial charge in [-0.2, -0.15) is 4.68 Å². The van der Waals surface area contributed by atoms with E-state index in [1.807, 2.05) is 91.0 Å². The standard InChI is InChI=1S/C23H22N4O2S/c28-21(17-30-23-24-25-26-27(23)20-14-8-3-9-15-20)16-29-22(18-10-4-1-5-11-18)19-12-6-2-7-13-19/h1-15,21-22,28H,16-17H2/t21-/m1/s1. The topological polar surface area (TPSA) is 73.1 Å². The molecule has 0 bridgehead atoms. The second-order valence-electron chi connectivity index (χ2n) is 6.71. The summed E-state index contributed by atoms with van der Waals surface area (Å²) >= 11 is 1.40. The van der Waals surface area contributed by atoms with Crippen molar-refractivity contribution in [3.63, 3.8) is 0 Å². The molecule has 6 nitrogen and oxygen atoms in total. The number of benzene rings is 3. The van der Waals surface area contributed by atoms with E-state index in [0.29, 0.717) is 10.9 Å². The molecule has 3 aromatic carbocycles. The molecule has 4 rings (SSSR count). The number of ether oxygens (including phenoxy) is 1. The first-order chi connectivity index (χ1) is 14.8. The summed E-state index contributed by atoms with van der Waals surface area (Å²) < 4.78 is 7.80. The van der Waals surface area contributed by atoms with Gasteiger partial charge in [0.1, 0.15) is 6.10 Å². The van der Waals surface area contributed by atoms with Gasteiger partial charge in [-0.05, 0) is 33.7 Å². The summed E-state index contributed by atoms with van der Waals surface area (Å²) in [6, 6.07) is 29.7. The quantitative estimate of drug-likeness (QED) is 0.415. The summed E-state index contributed by atoms with van der Waals surface area (Å²) in [6.07, 6.45) is -0.896. The first-order valence-corrected chi connectivity index (χ1v) is 10.7. The van der Waals surface area contributed by atoms with Gasteiger partial charge in [0, 0.05) is 5.75 Å². The molecule has 30 heavy (non-hydrogen) atoms. The molecule has 0 unspecified atom stereocenters. The second-order valence-corrected chi connectivity index (χ2v) is 7.70. The number of thioether (sulfide) groups is 1. The van der Waals surface area contributed by atoms with E-state index >= 15 is 0 Å². The molecule has 1 aromatic heterocycles. The van der Waals surface area contributed by atoms with Crippen molar-refractivity contribution in [2.45, 2.75) is 17.4 Å². The number of rotatable bonds is 9. The van der Waals surface area contributed by atoms with Crippen molar-refractivity contribution < 1.29 is 9.84 Å². The van der Waals surface area contributed by atoms with Crippen LogP contribution in [-0.4, -0.2) is 43.8 Å². The van der Waals surface area contributed by atoms with E-state index in [-0.39, 0.29) is 12.7 Å². The minimum atomic E-state index is -0.661. The molecule has 7 heteroatoms. The molecule has 0 saturated carbocycles. The lowest BCUT2D eigenvalue weighted by Gasteiger charge is -2.21. The van der Waals surface area contributed by atoms with E-state index in [1.165, 1.54) is 11.8 Å². The Balaban J connectivity index is 1.38. The van der Waals surface area contributed by atoms with Gasteiger partial charge in [-0.15, -0.1) is 5.10 Å². The van der Waals surface area contributed by atoms with Gasteiger partial charge in [0.15, 0.2) is 0 Å². The van der Waals surface area contributed by atoms with Crippen LogP contribution in [0.5, 0.6) is 0 Å². The third-order valence-electron chi connectivity index (χ3n) is 4.51. The Kier molecular flexibility index (Phi) is 6.87. The van der Waals surface area contributed by atoms with Crippen LogP contribution < -0.4 is 0 Å². The average Bonchev–Trinajstić information content (AvgIpc) is 3.29. The first kappa shape index (κ1) is 20.3. The summed E-state index contributed by atoms with van der Waals surface area (Å²) in [5.74, 6) is 0.420. The van der Waals surface area contributed by atoms with Crippen molar-refractivity contribution in [3.05, 3.63) is 102 Å². The highest BCUT2D eigenvalue weighted by Gasteiger charge is 2.18. The Hall–Kier alpha value is -3.00. The Labute approximate surface area is 179 Å². The van der Waals surface area contributed by atoms with Gasteiger partial charge in [0.25, 0.3) is 0 Å². The van der Waals surface area contributed by atoms with Gasteiger partial charge >= 0.3 is 0 Å². The molecule has 4 aromatic rings. The highest BCUT2D eigenvalue weighted by Crippen LogP contribution is 2.26. The number of aromatic nitrogens is 4. The van der Waals surface area contributed by atoms with Gasteiger partial charge in [0.2, 0.25) is 5.16 Å². The molecule has 1 N–H and O–H groups in total. The lowest BCUT2D eigenvalue weighted by Crippen LogP contribution is -2.21. The first-order valence-electron chi connectivity index (χ1n) is 9.67. The molecule has 0 fully saturated rings. The van der Waals surface area contributed by atoms with Crippen molar-refractivity contribution in [1.82, 2.24) is 20.2 Å². The van der Waals surface area contributed by atoms with Crippen LogP contribution in [-0.2, 0) is 4.74 Å². The summed E-state index contributed by atoms with van der Waals surface area (Å²) in [5.41, 5.74) is 2.98. The Bertz CT molecular complexity index is 989. The second kappa shape index (κ2) is 10.2. The van der Waals surface area contributed by atoms with Gasteiger partial charge in [-0.1, -0.05) is 90.6 Å². The van der Waals surface area contributed by atoms with Crippen LogP contribution >= 0.6 is 11.8 Å². The minimum absolute atomic E-state index is 0.203. The van der Waals surface area contributed by atoms with Crippen molar-refractivity contribution in [1.29, 1.82) is 0 Å². The normalized spacial score (nSPS) is 12.2. The van der Waals surface area contributed by atoms with Crippen molar-refractivity contribution >= 4 is 11.8 Å². The van der Waals surface area contributed by atoms with E-state index in [9.17, 15) is 5.11 Å². The number of hydrogen-bond donors (Lipinski definition) is 1. The van der Waals surface area contributed by atoms with Gasteiger partial charge in [-0.25, -0.2) is 0 Å². The van der Waals surface area contributed by atoms with Crippen molar-refractivity contribution in [2.24, 2.45) is 0 Å². The fraction of sp³-hybridized carbons (Fsp3) is 0.174. The molecule has 1 heterocycles. The zero-order valence-electron chi connectivity index (χ0n) is 16.3. The van der Waals surface area contributed by atoms with E-state index in [1.54, 1.807) is 4.68 Å². The van der Waals surface area contributed by atoms with Gasteiger partial charge in [-0.3, -0.25) is 0 Å². The zero-order chi connectivity index (χ0) is 20.6. The van der Waals surface area contributed by atoms with Crippen LogP contribution in [0.4, 0.5) is 0 Å². The number of tetrazole rings is 1. The molecule has 0 aliphatic carbocycles. The zero-order valence-corrected chi connectivity index (χ0v) is 17.1. The average molecular weight is 419 g/mol. The van der Waals surface area contributed by atoms with E-state index in [4.69, 9.17) is 4.74 Å². The smallest absolute Gasteiger partial charge is 0.214 e. The highest BCUT2D eigenvalue weighted by atomic mass is 32.2. The number of aliphatic hydroxyl groups excluding tert-OH is 1.